The van der Waals surface area contributed by atoms with E-state index in [1.165, 1.54) is 19.2 Å². The van der Waals surface area contributed by atoms with E-state index < -0.39 is 5.97 Å². The number of benzene rings is 2. The number of ether oxygens (including phenoxy) is 2. The molecule has 19 heavy (non-hydrogen) atoms. The predicted molar refractivity (Wildman–Crippen MR) is 69.8 cm³/mol. The number of carbonyl (C=O) groups is 2. The Morgan fingerprint density at radius 2 is 1.79 bits per heavy atom. The summed E-state index contributed by atoms with van der Waals surface area (Å²) in [6.45, 7) is 0. The monoisotopic (exact) mass is 256 g/mol. The molecule has 4 nitrogen and oxygen atoms in total. The molecule has 0 heterocycles. The summed E-state index contributed by atoms with van der Waals surface area (Å²) in [4.78, 5) is 22.6. The predicted octanol–water partition coefficient (Wildman–Crippen LogP) is 2.73. The zero-order valence-electron chi connectivity index (χ0n) is 10.3. The number of rotatable bonds is 4. The summed E-state index contributed by atoms with van der Waals surface area (Å²) in [6, 6.07) is 13.2. The molecule has 0 unspecified atom stereocenters. The summed E-state index contributed by atoms with van der Waals surface area (Å²) in [5.41, 5.74) is 0.903. The molecule has 0 aliphatic rings. The van der Waals surface area contributed by atoms with Crippen molar-refractivity contribution in [2.45, 2.75) is 0 Å². The van der Waals surface area contributed by atoms with E-state index in [1.54, 1.807) is 30.3 Å². The van der Waals surface area contributed by atoms with Crippen LogP contribution in [-0.4, -0.2) is 19.4 Å². The van der Waals surface area contributed by atoms with Crippen molar-refractivity contribution in [1.29, 1.82) is 0 Å². The van der Waals surface area contributed by atoms with Crippen LogP contribution in [0, 0.1) is 0 Å². The molecule has 0 fully saturated rings. The van der Waals surface area contributed by atoms with Crippen LogP contribution < -0.4 is 9.47 Å². The van der Waals surface area contributed by atoms with Gasteiger partial charge in [-0.25, -0.2) is 4.79 Å². The Balaban J connectivity index is 2.24. The van der Waals surface area contributed by atoms with Gasteiger partial charge in [-0.15, -0.1) is 0 Å². The van der Waals surface area contributed by atoms with Crippen molar-refractivity contribution in [3.05, 3.63) is 59.7 Å². The van der Waals surface area contributed by atoms with Crippen molar-refractivity contribution < 1.29 is 19.1 Å². The Morgan fingerprint density at radius 3 is 2.42 bits per heavy atom. The second-order valence-electron chi connectivity index (χ2n) is 3.78. The Morgan fingerprint density at radius 1 is 1.05 bits per heavy atom. The van der Waals surface area contributed by atoms with E-state index in [1.807, 2.05) is 6.07 Å². The topological polar surface area (TPSA) is 52.6 Å². The Labute approximate surface area is 110 Å². The van der Waals surface area contributed by atoms with Gasteiger partial charge in [0.05, 0.1) is 12.7 Å². The third kappa shape index (κ3) is 2.98. The molecule has 0 atom stereocenters. The van der Waals surface area contributed by atoms with E-state index in [9.17, 15) is 9.59 Å². The molecule has 0 saturated carbocycles. The third-order valence-electron chi connectivity index (χ3n) is 2.54. The lowest BCUT2D eigenvalue weighted by atomic mass is 10.2. The highest BCUT2D eigenvalue weighted by Crippen LogP contribution is 2.28. The number of hydrogen-bond donors (Lipinski definition) is 0. The van der Waals surface area contributed by atoms with Crippen LogP contribution in [0.25, 0.3) is 0 Å². The van der Waals surface area contributed by atoms with Gasteiger partial charge < -0.3 is 9.47 Å². The van der Waals surface area contributed by atoms with Crippen LogP contribution in [-0.2, 0) is 0 Å². The van der Waals surface area contributed by atoms with Gasteiger partial charge in [0.2, 0.25) is 0 Å². The fourth-order valence-electron chi connectivity index (χ4n) is 1.57. The lowest BCUT2D eigenvalue weighted by Crippen LogP contribution is -2.09. The zero-order chi connectivity index (χ0) is 13.7. The van der Waals surface area contributed by atoms with Crippen molar-refractivity contribution in [2.75, 3.05) is 7.11 Å². The molecular formula is C15H12O4. The van der Waals surface area contributed by atoms with E-state index in [4.69, 9.17) is 9.47 Å². The summed E-state index contributed by atoms with van der Waals surface area (Å²) in [5, 5.41) is 0. The molecular weight excluding hydrogens is 244 g/mol. The van der Waals surface area contributed by atoms with Crippen LogP contribution in [0.3, 0.4) is 0 Å². The lowest BCUT2D eigenvalue weighted by molar-refractivity contribution is 0.0729. The maximum absolute atomic E-state index is 11.9. The van der Waals surface area contributed by atoms with Crippen LogP contribution in [0.1, 0.15) is 20.7 Å². The average Bonchev–Trinajstić information content (AvgIpc) is 2.48. The van der Waals surface area contributed by atoms with Gasteiger partial charge in [-0.05, 0) is 30.3 Å². The van der Waals surface area contributed by atoms with Gasteiger partial charge in [0, 0.05) is 5.56 Å². The molecule has 4 heteroatoms. The average molecular weight is 256 g/mol. The van der Waals surface area contributed by atoms with Gasteiger partial charge in [-0.1, -0.05) is 18.2 Å². The van der Waals surface area contributed by atoms with Crippen LogP contribution in [0.2, 0.25) is 0 Å². The van der Waals surface area contributed by atoms with Gasteiger partial charge in [-0.2, -0.15) is 0 Å². The first-order valence-electron chi connectivity index (χ1n) is 5.65. The first kappa shape index (κ1) is 12.8. The maximum Gasteiger partial charge on any atom is 0.343 e. The minimum atomic E-state index is -0.474. The van der Waals surface area contributed by atoms with E-state index in [2.05, 4.69) is 0 Å². The summed E-state index contributed by atoms with van der Waals surface area (Å²) < 4.78 is 10.3. The minimum Gasteiger partial charge on any atom is -0.493 e. The summed E-state index contributed by atoms with van der Waals surface area (Å²) in [5.74, 6) is 0.147. The van der Waals surface area contributed by atoms with Gasteiger partial charge in [0.1, 0.15) is 6.29 Å². The highest BCUT2D eigenvalue weighted by molar-refractivity contribution is 5.91. The molecule has 0 aliphatic heterocycles. The molecule has 0 spiro atoms. The highest BCUT2D eigenvalue weighted by Gasteiger charge is 2.12. The van der Waals surface area contributed by atoms with Crippen molar-refractivity contribution in [3.63, 3.8) is 0 Å². The number of aldehydes is 1. The van der Waals surface area contributed by atoms with Crippen LogP contribution in [0.15, 0.2) is 48.5 Å². The smallest absolute Gasteiger partial charge is 0.343 e. The molecule has 0 amide bonds. The molecule has 2 aromatic carbocycles. The SMILES string of the molecule is COc1cc(C=O)ccc1OC(=O)c1ccccc1. The standard InChI is InChI=1S/C15H12O4/c1-18-14-9-11(10-16)7-8-13(14)19-15(17)12-5-3-2-4-6-12/h2-10H,1H3. The van der Waals surface area contributed by atoms with Crippen molar-refractivity contribution >= 4 is 12.3 Å². The van der Waals surface area contributed by atoms with Gasteiger partial charge in [0.25, 0.3) is 0 Å². The fraction of sp³-hybridized carbons (Fsp3) is 0.0667. The lowest BCUT2D eigenvalue weighted by Gasteiger charge is -2.09. The Kier molecular flexibility index (Phi) is 3.93. The van der Waals surface area contributed by atoms with Crippen LogP contribution >= 0.6 is 0 Å². The molecule has 0 saturated heterocycles. The molecule has 0 N–H and O–H groups in total. The quantitative estimate of drug-likeness (QED) is 0.479. The Hall–Kier alpha value is -2.62. The number of esters is 1. The molecule has 96 valence electrons. The fourth-order valence-corrected chi connectivity index (χ4v) is 1.57. The highest BCUT2D eigenvalue weighted by atomic mass is 16.6. The molecule has 0 aliphatic carbocycles. The molecule has 2 rings (SSSR count). The largest absolute Gasteiger partial charge is 0.493 e. The summed E-state index contributed by atoms with van der Waals surface area (Å²) >= 11 is 0. The number of carbonyl (C=O) groups excluding carboxylic acids is 2. The van der Waals surface area contributed by atoms with E-state index >= 15 is 0 Å². The van der Waals surface area contributed by atoms with Crippen molar-refractivity contribution in [3.8, 4) is 11.5 Å². The number of hydrogen-bond acceptors (Lipinski definition) is 4. The maximum atomic E-state index is 11.9. The second-order valence-corrected chi connectivity index (χ2v) is 3.78. The molecule has 0 bridgehead atoms. The van der Waals surface area contributed by atoms with E-state index in [0.717, 1.165) is 0 Å². The normalized spacial score (nSPS) is 9.74. The van der Waals surface area contributed by atoms with Gasteiger partial charge in [0.15, 0.2) is 11.5 Å². The van der Waals surface area contributed by atoms with Crippen molar-refractivity contribution in [2.24, 2.45) is 0 Å². The number of methoxy groups -OCH3 is 1. The second kappa shape index (κ2) is 5.82. The van der Waals surface area contributed by atoms with Gasteiger partial charge >= 0.3 is 5.97 Å². The summed E-state index contributed by atoms with van der Waals surface area (Å²) in [6.07, 6.45) is 0.700. The van der Waals surface area contributed by atoms with Crippen LogP contribution in [0.4, 0.5) is 0 Å². The zero-order valence-corrected chi connectivity index (χ0v) is 10.3. The van der Waals surface area contributed by atoms with Crippen LogP contribution in [0.5, 0.6) is 11.5 Å². The minimum absolute atomic E-state index is 0.280. The van der Waals surface area contributed by atoms with Gasteiger partial charge in [-0.3, -0.25) is 4.79 Å². The van der Waals surface area contributed by atoms with Crippen molar-refractivity contribution in [1.82, 2.24) is 0 Å². The summed E-state index contributed by atoms with van der Waals surface area (Å²) in [7, 11) is 1.45. The van der Waals surface area contributed by atoms with E-state index in [-0.39, 0.29) is 5.75 Å². The van der Waals surface area contributed by atoms with E-state index in [0.29, 0.717) is 23.2 Å². The first-order valence-corrected chi connectivity index (χ1v) is 5.65. The Bertz CT molecular complexity index is 590. The molecule has 0 radical (unpaired) electrons. The third-order valence-corrected chi connectivity index (χ3v) is 2.54. The first-order chi connectivity index (χ1) is 9.24. The molecule has 0 aromatic heterocycles. The molecule has 2 aromatic rings.